The molecule has 0 saturated carbocycles. The molecular weight excluding hydrogens is 210 g/mol. The Bertz CT molecular complexity index is 295. The number of nitrogens with one attached hydrogen (secondary N) is 1. The molecular formula is C9H11ClF2N2. The lowest BCUT2D eigenvalue weighted by atomic mass is 10.3. The first kappa shape index (κ1) is 11.2. The lowest BCUT2D eigenvalue weighted by molar-refractivity contribution is 0.585. The fourth-order valence-electron chi connectivity index (χ4n) is 1.03. The molecule has 1 rings (SSSR count). The molecule has 78 valence electrons. The van der Waals surface area contributed by atoms with Gasteiger partial charge in [0.25, 0.3) is 0 Å². The van der Waals surface area contributed by atoms with Gasteiger partial charge in [-0.2, -0.15) is 0 Å². The largest absolute Gasteiger partial charge is 0.381 e. The van der Waals surface area contributed by atoms with Crippen LogP contribution < -0.4 is 11.1 Å². The molecule has 1 aromatic rings. The number of hydrogen-bond acceptors (Lipinski definition) is 2. The van der Waals surface area contributed by atoms with Crippen LogP contribution in [0.1, 0.15) is 6.42 Å². The zero-order valence-electron chi connectivity index (χ0n) is 7.49. The van der Waals surface area contributed by atoms with Crippen LogP contribution in [-0.2, 0) is 0 Å². The third kappa shape index (κ3) is 2.82. The molecule has 0 atom stereocenters. The van der Waals surface area contributed by atoms with Gasteiger partial charge in [0.15, 0.2) is 5.82 Å². The summed E-state index contributed by atoms with van der Waals surface area (Å²) in [7, 11) is 0. The highest BCUT2D eigenvalue weighted by Crippen LogP contribution is 2.26. The number of rotatable bonds is 4. The summed E-state index contributed by atoms with van der Waals surface area (Å²) in [6.07, 6.45) is 0.702. The summed E-state index contributed by atoms with van der Waals surface area (Å²) < 4.78 is 25.7. The van der Waals surface area contributed by atoms with Crippen molar-refractivity contribution in [3.05, 3.63) is 28.8 Å². The first-order chi connectivity index (χ1) is 6.65. The van der Waals surface area contributed by atoms with Crippen molar-refractivity contribution in [3.8, 4) is 0 Å². The van der Waals surface area contributed by atoms with Crippen molar-refractivity contribution < 1.29 is 8.78 Å². The van der Waals surface area contributed by atoms with Gasteiger partial charge in [0.05, 0.1) is 10.7 Å². The maximum Gasteiger partial charge on any atom is 0.150 e. The van der Waals surface area contributed by atoms with E-state index in [0.717, 1.165) is 12.1 Å². The molecule has 0 aliphatic heterocycles. The van der Waals surface area contributed by atoms with Crippen LogP contribution in [0.3, 0.4) is 0 Å². The molecule has 14 heavy (non-hydrogen) atoms. The number of hydrogen-bond donors (Lipinski definition) is 2. The standard InChI is InChI=1S/C9H11ClF2N2/c10-7-4-6(11)5-8(12)9(7)14-3-1-2-13/h4-5,14H,1-3,13H2. The number of nitrogens with two attached hydrogens (primary N) is 1. The first-order valence-electron chi connectivity index (χ1n) is 4.23. The van der Waals surface area contributed by atoms with Gasteiger partial charge in [0.1, 0.15) is 5.82 Å². The SMILES string of the molecule is NCCCNc1c(F)cc(F)cc1Cl. The van der Waals surface area contributed by atoms with E-state index < -0.39 is 11.6 Å². The molecule has 0 bridgehead atoms. The summed E-state index contributed by atoms with van der Waals surface area (Å²) in [4.78, 5) is 0. The summed E-state index contributed by atoms with van der Waals surface area (Å²) >= 11 is 5.64. The highest BCUT2D eigenvalue weighted by Gasteiger charge is 2.08. The van der Waals surface area contributed by atoms with E-state index >= 15 is 0 Å². The van der Waals surface area contributed by atoms with E-state index in [0.29, 0.717) is 19.5 Å². The molecule has 0 aliphatic carbocycles. The van der Waals surface area contributed by atoms with Gasteiger partial charge in [-0.25, -0.2) is 8.78 Å². The molecule has 0 amide bonds. The Morgan fingerprint density at radius 3 is 2.64 bits per heavy atom. The Morgan fingerprint density at radius 1 is 1.36 bits per heavy atom. The molecule has 0 radical (unpaired) electrons. The summed E-state index contributed by atoms with van der Waals surface area (Å²) in [6, 6.07) is 1.85. The van der Waals surface area contributed by atoms with Gasteiger partial charge in [-0.15, -0.1) is 0 Å². The van der Waals surface area contributed by atoms with Gasteiger partial charge in [-0.05, 0) is 19.0 Å². The Kier molecular flexibility index (Phi) is 4.10. The van der Waals surface area contributed by atoms with E-state index in [2.05, 4.69) is 5.32 Å². The highest BCUT2D eigenvalue weighted by molar-refractivity contribution is 6.33. The molecule has 1 aromatic carbocycles. The number of anilines is 1. The first-order valence-corrected chi connectivity index (χ1v) is 4.61. The Labute approximate surface area is 86.1 Å². The van der Waals surface area contributed by atoms with Crippen molar-refractivity contribution in [1.82, 2.24) is 0 Å². The molecule has 0 aliphatic rings. The predicted octanol–water partition coefficient (Wildman–Crippen LogP) is 2.38. The molecule has 0 spiro atoms. The maximum atomic E-state index is 13.1. The average Bonchev–Trinajstić information content (AvgIpc) is 2.09. The Balaban J connectivity index is 2.75. The van der Waals surface area contributed by atoms with Gasteiger partial charge < -0.3 is 11.1 Å². The van der Waals surface area contributed by atoms with Crippen LogP contribution in [0.4, 0.5) is 14.5 Å². The van der Waals surface area contributed by atoms with Crippen LogP contribution in [0.2, 0.25) is 5.02 Å². The molecule has 0 unspecified atom stereocenters. The zero-order chi connectivity index (χ0) is 10.6. The van der Waals surface area contributed by atoms with E-state index in [9.17, 15) is 8.78 Å². The molecule has 0 aromatic heterocycles. The van der Waals surface area contributed by atoms with Crippen molar-refractivity contribution in [1.29, 1.82) is 0 Å². The van der Waals surface area contributed by atoms with E-state index in [4.69, 9.17) is 17.3 Å². The van der Waals surface area contributed by atoms with Crippen LogP contribution >= 0.6 is 11.6 Å². The van der Waals surface area contributed by atoms with E-state index in [1.807, 2.05) is 0 Å². The van der Waals surface area contributed by atoms with Gasteiger partial charge in [0.2, 0.25) is 0 Å². The van der Waals surface area contributed by atoms with Crippen LogP contribution in [-0.4, -0.2) is 13.1 Å². The monoisotopic (exact) mass is 220 g/mol. The average molecular weight is 221 g/mol. The van der Waals surface area contributed by atoms with Gasteiger partial charge >= 0.3 is 0 Å². The minimum Gasteiger partial charge on any atom is -0.381 e. The molecule has 0 saturated heterocycles. The van der Waals surface area contributed by atoms with Crippen LogP contribution in [0.5, 0.6) is 0 Å². The predicted molar refractivity (Wildman–Crippen MR) is 53.5 cm³/mol. The van der Waals surface area contributed by atoms with E-state index in [1.165, 1.54) is 0 Å². The van der Waals surface area contributed by atoms with Crippen LogP contribution in [0, 0.1) is 11.6 Å². The van der Waals surface area contributed by atoms with E-state index in [-0.39, 0.29) is 10.7 Å². The highest BCUT2D eigenvalue weighted by atomic mass is 35.5. The van der Waals surface area contributed by atoms with Crippen LogP contribution in [0.15, 0.2) is 12.1 Å². The lowest BCUT2D eigenvalue weighted by Gasteiger charge is -2.08. The van der Waals surface area contributed by atoms with Gasteiger partial charge in [0, 0.05) is 12.6 Å². The number of halogens is 3. The third-order valence-electron chi connectivity index (χ3n) is 1.69. The molecule has 3 N–H and O–H groups in total. The van der Waals surface area contributed by atoms with Crippen molar-refractivity contribution in [2.24, 2.45) is 5.73 Å². The minimum atomic E-state index is -0.688. The summed E-state index contributed by atoms with van der Waals surface area (Å²) in [5.41, 5.74) is 5.39. The molecule has 5 heteroatoms. The van der Waals surface area contributed by atoms with Gasteiger partial charge in [-0.1, -0.05) is 11.6 Å². The summed E-state index contributed by atoms with van der Waals surface area (Å²) in [5, 5.41) is 2.80. The smallest absolute Gasteiger partial charge is 0.150 e. The lowest BCUT2D eigenvalue weighted by Crippen LogP contribution is -2.09. The van der Waals surface area contributed by atoms with Crippen molar-refractivity contribution >= 4 is 17.3 Å². The van der Waals surface area contributed by atoms with E-state index in [1.54, 1.807) is 0 Å². The molecule has 2 nitrogen and oxygen atoms in total. The second-order valence-corrected chi connectivity index (χ2v) is 3.22. The summed E-state index contributed by atoms with van der Waals surface area (Å²) in [5.74, 6) is -1.37. The topological polar surface area (TPSA) is 38.0 Å². The van der Waals surface area contributed by atoms with Crippen molar-refractivity contribution in [3.63, 3.8) is 0 Å². The minimum absolute atomic E-state index is 0.0412. The zero-order valence-corrected chi connectivity index (χ0v) is 8.24. The second kappa shape index (κ2) is 5.12. The quantitative estimate of drug-likeness (QED) is 0.765. The Morgan fingerprint density at radius 2 is 2.07 bits per heavy atom. The maximum absolute atomic E-state index is 13.1. The molecule has 0 fully saturated rings. The van der Waals surface area contributed by atoms with Gasteiger partial charge in [-0.3, -0.25) is 0 Å². The fraction of sp³-hybridized carbons (Fsp3) is 0.333. The van der Waals surface area contributed by atoms with Crippen molar-refractivity contribution in [2.45, 2.75) is 6.42 Å². The van der Waals surface area contributed by atoms with Crippen LogP contribution in [0.25, 0.3) is 0 Å². The normalized spacial score (nSPS) is 10.3. The fourth-order valence-corrected chi connectivity index (χ4v) is 1.29. The molecule has 0 heterocycles. The number of benzene rings is 1. The second-order valence-electron chi connectivity index (χ2n) is 2.81. The summed E-state index contributed by atoms with van der Waals surface area (Å²) in [6.45, 7) is 1.02. The van der Waals surface area contributed by atoms with Crippen molar-refractivity contribution in [2.75, 3.05) is 18.4 Å². The Hall–Kier alpha value is -0.870. The third-order valence-corrected chi connectivity index (χ3v) is 1.99.